The topological polar surface area (TPSA) is 27.7 Å². The van der Waals surface area contributed by atoms with Crippen LogP contribution >= 0.6 is 15.9 Å². The van der Waals surface area contributed by atoms with Gasteiger partial charge in [-0.1, -0.05) is 57.9 Å². The van der Waals surface area contributed by atoms with Gasteiger partial charge in [0, 0.05) is 17.3 Å². The van der Waals surface area contributed by atoms with Gasteiger partial charge in [-0.2, -0.15) is 0 Å². The van der Waals surface area contributed by atoms with Gasteiger partial charge in [0.1, 0.15) is 5.75 Å². The third-order valence-electron chi connectivity index (χ3n) is 4.42. The van der Waals surface area contributed by atoms with Crippen LogP contribution in [0, 0.1) is 6.92 Å². The zero-order valence-corrected chi connectivity index (χ0v) is 17.9. The number of hydrogen-bond donors (Lipinski definition) is 0. The molecule has 3 aromatic carbocycles. The second-order valence-electron chi connectivity index (χ2n) is 6.63. The highest BCUT2D eigenvalue weighted by atomic mass is 79.9. The summed E-state index contributed by atoms with van der Waals surface area (Å²) in [6.45, 7) is 3.28. The third kappa shape index (κ3) is 6.03. The molecule has 0 fully saturated rings. The van der Waals surface area contributed by atoms with Crippen molar-refractivity contribution in [2.75, 3.05) is 20.3 Å². The van der Waals surface area contributed by atoms with Crippen LogP contribution in [0.25, 0.3) is 0 Å². The molecule has 0 unspecified atom stereocenters. The van der Waals surface area contributed by atoms with Gasteiger partial charge in [0.05, 0.1) is 20.3 Å². The highest BCUT2D eigenvalue weighted by molar-refractivity contribution is 9.10. The molecular weight excluding hydrogens is 416 g/mol. The lowest BCUT2D eigenvalue weighted by Crippen LogP contribution is -2.06. The minimum Gasteiger partial charge on any atom is -0.497 e. The minimum atomic E-state index is 0.567. The maximum Gasteiger partial charge on any atom is 0.162 e. The van der Waals surface area contributed by atoms with E-state index in [1.807, 2.05) is 36.4 Å². The van der Waals surface area contributed by atoms with Crippen LogP contribution in [0.15, 0.2) is 71.2 Å². The Bertz CT molecular complexity index is 908. The monoisotopic (exact) mass is 440 g/mol. The van der Waals surface area contributed by atoms with Gasteiger partial charge in [-0.05, 0) is 48.4 Å². The van der Waals surface area contributed by atoms with Gasteiger partial charge in [0.25, 0.3) is 0 Å². The molecule has 146 valence electrons. The first-order valence-electron chi connectivity index (χ1n) is 9.37. The standard InChI is InChI=1S/C24H25BrO3/c1-18-5-3-6-19(15-18)11-13-27-23-10-9-21(25)17-24(23)28-14-12-20-7-4-8-22(16-20)26-2/h3-10,15-17H,11-14H2,1-2H3. The van der Waals surface area contributed by atoms with Crippen molar-refractivity contribution in [1.82, 2.24) is 0 Å². The number of aryl methyl sites for hydroxylation is 1. The fourth-order valence-electron chi connectivity index (χ4n) is 2.97. The summed E-state index contributed by atoms with van der Waals surface area (Å²) in [6, 6.07) is 22.4. The van der Waals surface area contributed by atoms with Gasteiger partial charge in [-0.15, -0.1) is 0 Å². The molecule has 0 radical (unpaired) electrons. The van der Waals surface area contributed by atoms with Crippen LogP contribution in [0.5, 0.6) is 17.2 Å². The summed E-state index contributed by atoms with van der Waals surface area (Å²) in [6.07, 6.45) is 1.66. The van der Waals surface area contributed by atoms with Crippen molar-refractivity contribution >= 4 is 15.9 Å². The van der Waals surface area contributed by atoms with Gasteiger partial charge in [0.15, 0.2) is 11.5 Å². The number of methoxy groups -OCH3 is 1. The average molecular weight is 441 g/mol. The van der Waals surface area contributed by atoms with Gasteiger partial charge in [-0.25, -0.2) is 0 Å². The molecule has 0 amide bonds. The Labute approximate surface area is 175 Å². The van der Waals surface area contributed by atoms with E-state index in [0.29, 0.717) is 13.2 Å². The molecule has 0 aliphatic rings. The molecule has 0 N–H and O–H groups in total. The lowest BCUT2D eigenvalue weighted by molar-refractivity contribution is 0.272. The molecule has 3 aromatic rings. The average Bonchev–Trinajstić information content (AvgIpc) is 2.70. The second kappa shape index (κ2) is 10.2. The van der Waals surface area contributed by atoms with Crippen LogP contribution in [0.4, 0.5) is 0 Å². The summed E-state index contributed by atoms with van der Waals surface area (Å²) < 4.78 is 18.3. The van der Waals surface area contributed by atoms with E-state index in [0.717, 1.165) is 34.6 Å². The molecule has 0 saturated heterocycles. The predicted octanol–water partition coefficient (Wildman–Crippen LogP) is 6.01. The summed E-state index contributed by atoms with van der Waals surface area (Å²) in [5.41, 5.74) is 3.72. The first kappa shape index (κ1) is 20.3. The molecule has 0 saturated carbocycles. The third-order valence-corrected chi connectivity index (χ3v) is 4.91. The summed E-state index contributed by atoms with van der Waals surface area (Å²) >= 11 is 3.51. The van der Waals surface area contributed by atoms with Crippen molar-refractivity contribution in [1.29, 1.82) is 0 Å². The normalized spacial score (nSPS) is 10.5. The van der Waals surface area contributed by atoms with Crippen molar-refractivity contribution in [3.63, 3.8) is 0 Å². The number of hydrogen-bond acceptors (Lipinski definition) is 3. The van der Waals surface area contributed by atoms with Crippen molar-refractivity contribution in [3.05, 3.63) is 87.9 Å². The van der Waals surface area contributed by atoms with Gasteiger partial charge < -0.3 is 14.2 Å². The maximum absolute atomic E-state index is 6.02. The summed E-state index contributed by atoms with van der Waals surface area (Å²) in [5.74, 6) is 2.38. The van der Waals surface area contributed by atoms with Crippen LogP contribution in [0.1, 0.15) is 16.7 Å². The van der Waals surface area contributed by atoms with Crippen LogP contribution in [-0.2, 0) is 12.8 Å². The Balaban J connectivity index is 1.57. The molecule has 4 heteroatoms. The van der Waals surface area contributed by atoms with E-state index in [2.05, 4.69) is 53.2 Å². The van der Waals surface area contributed by atoms with E-state index >= 15 is 0 Å². The van der Waals surface area contributed by atoms with E-state index in [4.69, 9.17) is 14.2 Å². The summed E-state index contributed by atoms with van der Waals surface area (Å²) in [5, 5.41) is 0. The number of rotatable bonds is 9. The van der Waals surface area contributed by atoms with E-state index in [1.54, 1.807) is 7.11 Å². The zero-order chi connectivity index (χ0) is 19.8. The Morgan fingerprint density at radius 3 is 2.14 bits per heavy atom. The Morgan fingerprint density at radius 1 is 0.750 bits per heavy atom. The SMILES string of the molecule is COc1cccc(CCOc2cc(Br)ccc2OCCc2cccc(C)c2)c1. The molecule has 0 aliphatic heterocycles. The molecular formula is C24H25BrO3. The summed E-state index contributed by atoms with van der Waals surface area (Å²) in [7, 11) is 1.68. The molecule has 3 nitrogen and oxygen atoms in total. The Morgan fingerprint density at radius 2 is 1.43 bits per heavy atom. The summed E-state index contributed by atoms with van der Waals surface area (Å²) in [4.78, 5) is 0. The fraction of sp³-hybridized carbons (Fsp3) is 0.250. The van der Waals surface area contributed by atoms with Crippen LogP contribution < -0.4 is 14.2 Å². The quantitative estimate of drug-likeness (QED) is 0.407. The van der Waals surface area contributed by atoms with Gasteiger partial charge >= 0.3 is 0 Å². The zero-order valence-electron chi connectivity index (χ0n) is 16.3. The van der Waals surface area contributed by atoms with Crippen molar-refractivity contribution < 1.29 is 14.2 Å². The molecule has 0 heterocycles. The maximum atomic E-state index is 6.02. The highest BCUT2D eigenvalue weighted by Gasteiger charge is 2.07. The lowest BCUT2D eigenvalue weighted by Gasteiger charge is -2.14. The van der Waals surface area contributed by atoms with E-state index in [-0.39, 0.29) is 0 Å². The molecule has 0 aromatic heterocycles. The molecule has 0 bridgehead atoms. The van der Waals surface area contributed by atoms with Crippen molar-refractivity contribution in [2.45, 2.75) is 19.8 Å². The second-order valence-corrected chi connectivity index (χ2v) is 7.54. The minimum absolute atomic E-state index is 0.567. The van der Waals surface area contributed by atoms with Crippen molar-refractivity contribution in [2.24, 2.45) is 0 Å². The number of benzene rings is 3. The van der Waals surface area contributed by atoms with E-state index < -0.39 is 0 Å². The fourth-order valence-corrected chi connectivity index (χ4v) is 3.31. The highest BCUT2D eigenvalue weighted by Crippen LogP contribution is 2.31. The largest absolute Gasteiger partial charge is 0.497 e. The Kier molecular flexibility index (Phi) is 7.38. The van der Waals surface area contributed by atoms with Gasteiger partial charge in [-0.3, -0.25) is 0 Å². The van der Waals surface area contributed by atoms with Crippen LogP contribution in [0.3, 0.4) is 0 Å². The first-order valence-corrected chi connectivity index (χ1v) is 10.2. The van der Waals surface area contributed by atoms with E-state index in [9.17, 15) is 0 Å². The lowest BCUT2D eigenvalue weighted by atomic mass is 10.1. The van der Waals surface area contributed by atoms with Gasteiger partial charge in [0.2, 0.25) is 0 Å². The molecule has 0 atom stereocenters. The van der Waals surface area contributed by atoms with Crippen LogP contribution in [0.2, 0.25) is 0 Å². The van der Waals surface area contributed by atoms with Crippen LogP contribution in [-0.4, -0.2) is 20.3 Å². The first-order chi connectivity index (χ1) is 13.6. The smallest absolute Gasteiger partial charge is 0.162 e. The number of halogens is 1. The molecule has 0 spiro atoms. The predicted molar refractivity (Wildman–Crippen MR) is 117 cm³/mol. The Hall–Kier alpha value is -2.46. The number of ether oxygens (including phenoxy) is 3. The molecule has 28 heavy (non-hydrogen) atoms. The molecule has 0 aliphatic carbocycles. The van der Waals surface area contributed by atoms with Crippen molar-refractivity contribution in [3.8, 4) is 17.2 Å². The molecule has 3 rings (SSSR count). The van der Waals surface area contributed by atoms with E-state index in [1.165, 1.54) is 16.7 Å².